The molecule has 3 N–H and O–H groups in total. The second kappa shape index (κ2) is 8.04. The molecule has 8 nitrogen and oxygen atoms in total. The first-order valence-electron chi connectivity index (χ1n) is 9.12. The summed E-state index contributed by atoms with van der Waals surface area (Å²) in [4.78, 5) is 12.1. The molecule has 3 rings (SSSR count). The normalized spacial score (nSPS) is 26.6. The quantitative estimate of drug-likeness (QED) is 0.631. The molecule has 0 bridgehead atoms. The van der Waals surface area contributed by atoms with Gasteiger partial charge in [0.15, 0.2) is 0 Å². The molecule has 1 amide bonds. The lowest BCUT2D eigenvalue weighted by molar-refractivity contribution is -0.142. The molecule has 0 aliphatic carbocycles. The molecule has 0 aromatic heterocycles. The predicted molar refractivity (Wildman–Crippen MR) is 100 cm³/mol. The summed E-state index contributed by atoms with van der Waals surface area (Å²) in [6, 6.07) is 5.12. The van der Waals surface area contributed by atoms with Crippen LogP contribution in [0.1, 0.15) is 37.7 Å². The first-order valence-corrected chi connectivity index (χ1v) is 11.0. The second-order valence-corrected chi connectivity index (χ2v) is 8.83. The van der Waals surface area contributed by atoms with E-state index in [0.29, 0.717) is 24.4 Å². The highest BCUT2D eigenvalue weighted by Gasteiger charge is 2.46. The fourth-order valence-electron chi connectivity index (χ4n) is 3.71. The summed E-state index contributed by atoms with van der Waals surface area (Å²) in [6.45, 7) is 2.39. The summed E-state index contributed by atoms with van der Waals surface area (Å²) in [5.74, 6) is 0.502. The largest absolute Gasteiger partial charge is 0.487 e. The van der Waals surface area contributed by atoms with Crippen molar-refractivity contribution in [1.82, 2.24) is 5.32 Å². The van der Waals surface area contributed by atoms with Crippen LogP contribution in [0.25, 0.3) is 0 Å². The number of nitrogens with one attached hydrogen (secondary N) is 2. The van der Waals surface area contributed by atoms with Crippen molar-refractivity contribution in [2.45, 2.75) is 50.4 Å². The van der Waals surface area contributed by atoms with Gasteiger partial charge in [0, 0.05) is 23.7 Å². The molecule has 1 aromatic rings. The minimum atomic E-state index is -3.38. The number of fused-ring (bicyclic) bond motifs is 3. The van der Waals surface area contributed by atoms with Gasteiger partial charge in [-0.15, -0.1) is 0 Å². The molecule has 0 saturated carbocycles. The van der Waals surface area contributed by atoms with Gasteiger partial charge in [0.1, 0.15) is 18.0 Å². The zero-order valence-electron chi connectivity index (χ0n) is 15.5. The standard InChI is InChI=1S/C18H26N2O6S/c1-3-6-19-17(22)9-12-8-14-13-7-11(20-27(2,23)24)4-5-15(13)26-18(14)16(10-21)25-12/h4-5,7,12,14,16,18,20-21H,3,6,8-10H2,1-2H3,(H,19,22)/t12-,14-,16-,18+/m1/s1. The molecule has 4 atom stereocenters. The van der Waals surface area contributed by atoms with Gasteiger partial charge in [-0.1, -0.05) is 6.92 Å². The molecule has 9 heteroatoms. The summed E-state index contributed by atoms with van der Waals surface area (Å²) in [5.41, 5.74) is 1.33. The maximum absolute atomic E-state index is 12.1. The van der Waals surface area contributed by atoms with Gasteiger partial charge in [-0.05, 0) is 31.0 Å². The van der Waals surface area contributed by atoms with Crippen LogP contribution in [0.4, 0.5) is 5.69 Å². The summed E-state index contributed by atoms with van der Waals surface area (Å²) in [5, 5.41) is 12.6. The maximum atomic E-state index is 12.1. The number of aliphatic hydroxyl groups is 1. The summed E-state index contributed by atoms with van der Waals surface area (Å²) in [6.07, 6.45) is 1.52. The van der Waals surface area contributed by atoms with E-state index in [4.69, 9.17) is 9.47 Å². The highest BCUT2D eigenvalue weighted by molar-refractivity contribution is 7.92. The van der Waals surface area contributed by atoms with E-state index in [0.717, 1.165) is 18.2 Å². The van der Waals surface area contributed by atoms with Crippen LogP contribution >= 0.6 is 0 Å². The number of sulfonamides is 1. The average Bonchev–Trinajstić information content (AvgIpc) is 2.96. The van der Waals surface area contributed by atoms with Crippen LogP contribution in [0.2, 0.25) is 0 Å². The first kappa shape index (κ1) is 19.9. The molecule has 1 aromatic carbocycles. The van der Waals surface area contributed by atoms with Gasteiger partial charge in [-0.2, -0.15) is 0 Å². The van der Waals surface area contributed by atoms with Crippen molar-refractivity contribution in [3.05, 3.63) is 23.8 Å². The Bertz CT molecular complexity index is 797. The number of hydrogen-bond donors (Lipinski definition) is 3. The number of carbonyl (C=O) groups excluding carboxylic acids is 1. The Kier molecular flexibility index (Phi) is 5.92. The third-order valence-electron chi connectivity index (χ3n) is 4.79. The van der Waals surface area contributed by atoms with E-state index in [-0.39, 0.29) is 37.1 Å². The lowest BCUT2D eigenvalue weighted by atomic mass is 9.84. The van der Waals surface area contributed by atoms with E-state index < -0.39 is 16.1 Å². The van der Waals surface area contributed by atoms with E-state index in [1.807, 2.05) is 6.92 Å². The molecular weight excluding hydrogens is 372 g/mol. The number of hydrogen-bond acceptors (Lipinski definition) is 6. The van der Waals surface area contributed by atoms with Crippen LogP contribution in [0.5, 0.6) is 5.75 Å². The molecule has 0 unspecified atom stereocenters. The summed E-state index contributed by atoms with van der Waals surface area (Å²) in [7, 11) is -3.38. The molecule has 2 aliphatic rings. The van der Waals surface area contributed by atoms with Gasteiger partial charge in [0.2, 0.25) is 15.9 Å². The Balaban J connectivity index is 1.79. The van der Waals surface area contributed by atoms with Gasteiger partial charge >= 0.3 is 0 Å². The van der Waals surface area contributed by atoms with E-state index >= 15 is 0 Å². The number of ether oxygens (including phenoxy) is 2. The number of rotatable bonds is 7. The van der Waals surface area contributed by atoms with E-state index in [1.54, 1.807) is 18.2 Å². The number of aliphatic hydroxyl groups excluding tert-OH is 1. The molecule has 2 aliphatic heterocycles. The lowest BCUT2D eigenvalue weighted by Crippen LogP contribution is -2.47. The zero-order valence-corrected chi connectivity index (χ0v) is 16.3. The molecule has 0 radical (unpaired) electrons. The Morgan fingerprint density at radius 3 is 2.81 bits per heavy atom. The van der Waals surface area contributed by atoms with Crippen molar-refractivity contribution in [2.24, 2.45) is 0 Å². The third kappa shape index (κ3) is 4.72. The van der Waals surface area contributed by atoms with Crippen molar-refractivity contribution >= 4 is 21.6 Å². The number of benzene rings is 1. The predicted octanol–water partition coefficient (Wildman–Crippen LogP) is 0.969. The highest BCUT2D eigenvalue weighted by Crippen LogP contribution is 2.47. The second-order valence-electron chi connectivity index (χ2n) is 7.08. The Hall–Kier alpha value is -1.84. The Morgan fingerprint density at radius 2 is 2.15 bits per heavy atom. The number of carbonyl (C=O) groups is 1. The van der Waals surface area contributed by atoms with Crippen LogP contribution in [-0.2, 0) is 19.6 Å². The molecule has 1 saturated heterocycles. The van der Waals surface area contributed by atoms with E-state index in [2.05, 4.69) is 10.0 Å². The topological polar surface area (TPSA) is 114 Å². The maximum Gasteiger partial charge on any atom is 0.229 e. The molecule has 27 heavy (non-hydrogen) atoms. The van der Waals surface area contributed by atoms with Crippen molar-refractivity contribution in [2.75, 3.05) is 24.1 Å². The SMILES string of the molecule is CCCNC(=O)C[C@H]1C[C@@H]2c3cc(NS(C)(=O)=O)ccc3O[C@@H]2[C@@H](CO)O1. The zero-order chi connectivity index (χ0) is 19.6. The van der Waals surface area contributed by atoms with Crippen LogP contribution < -0.4 is 14.8 Å². The minimum absolute atomic E-state index is 0.0730. The van der Waals surface area contributed by atoms with Crippen molar-refractivity contribution in [3.8, 4) is 5.75 Å². The van der Waals surface area contributed by atoms with Crippen LogP contribution in [0.15, 0.2) is 18.2 Å². The molecule has 1 fully saturated rings. The minimum Gasteiger partial charge on any atom is -0.487 e. The van der Waals surface area contributed by atoms with Gasteiger partial charge in [0.05, 0.1) is 25.4 Å². The van der Waals surface area contributed by atoms with Gasteiger partial charge in [-0.25, -0.2) is 8.42 Å². The third-order valence-corrected chi connectivity index (χ3v) is 5.39. The van der Waals surface area contributed by atoms with Gasteiger partial charge < -0.3 is 19.9 Å². The number of anilines is 1. The van der Waals surface area contributed by atoms with Gasteiger partial charge in [0.25, 0.3) is 0 Å². The summed E-state index contributed by atoms with van der Waals surface area (Å²) >= 11 is 0. The molecule has 2 heterocycles. The smallest absolute Gasteiger partial charge is 0.229 e. The van der Waals surface area contributed by atoms with E-state index in [1.165, 1.54) is 0 Å². The first-order chi connectivity index (χ1) is 12.8. The van der Waals surface area contributed by atoms with Crippen molar-refractivity contribution in [3.63, 3.8) is 0 Å². The molecule has 150 valence electrons. The lowest BCUT2D eigenvalue weighted by Gasteiger charge is -2.37. The summed E-state index contributed by atoms with van der Waals surface area (Å²) < 4.78 is 37.3. The van der Waals surface area contributed by atoms with Crippen LogP contribution in [0.3, 0.4) is 0 Å². The molecular formula is C18H26N2O6S. The number of amides is 1. The van der Waals surface area contributed by atoms with Crippen LogP contribution in [0, 0.1) is 0 Å². The van der Waals surface area contributed by atoms with Crippen molar-refractivity contribution in [1.29, 1.82) is 0 Å². The monoisotopic (exact) mass is 398 g/mol. The molecule has 0 spiro atoms. The Labute approximate surface area is 159 Å². The van der Waals surface area contributed by atoms with Crippen molar-refractivity contribution < 1.29 is 27.8 Å². The van der Waals surface area contributed by atoms with Gasteiger partial charge in [-0.3, -0.25) is 9.52 Å². The fourth-order valence-corrected chi connectivity index (χ4v) is 4.27. The van der Waals surface area contributed by atoms with E-state index in [9.17, 15) is 18.3 Å². The highest BCUT2D eigenvalue weighted by atomic mass is 32.2. The van der Waals surface area contributed by atoms with Crippen LogP contribution in [-0.4, -0.2) is 57.2 Å². The Morgan fingerprint density at radius 1 is 1.37 bits per heavy atom. The fraction of sp³-hybridized carbons (Fsp3) is 0.611. The average molecular weight is 398 g/mol.